The number of likely N-dealkylation sites (tertiary alicyclic amines) is 1. The van der Waals surface area contributed by atoms with Crippen molar-refractivity contribution in [3.05, 3.63) is 70.5 Å². The molecule has 0 radical (unpaired) electrons. The van der Waals surface area contributed by atoms with E-state index >= 15 is 0 Å². The zero-order valence-corrected chi connectivity index (χ0v) is 19.5. The van der Waals surface area contributed by atoms with E-state index < -0.39 is 17.6 Å². The SMILES string of the molecule is CC1CCCCN1CCCNC(=O)c1ccc2c(c1)C(=O)N(Cc1cccc(F)c1)C2=O.Cl. The summed E-state index contributed by atoms with van der Waals surface area (Å²) in [5, 5.41) is 2.91. The molecule has 2 aromatic rings. The highest BCUT2D eigenvalue weighted by Crippen LogP contribution is 2.26. The fourth-order valence-electron chi connectivity index (χ4n) is 4.47. The van der Waals surface area contributed by atoms with Crippen LogP contribution in [0.15, 0.2) is 42.5 Å². The van der Waals surface area contributed by atoms with Crippen LogP contribution in [-0.2, 0) is 6.54 Å². The predicted octanol–water partition coefficient (Wildman–Crippen LogP) is 4.04. The first kappa shape index (κ1) is 24.9. The van der Waals surface area contributed by atoms with Crippen molar-refractivity contribution in [2.75, 3.05) is 19.6 Å². The molecule has 2 aliphatic rings. The van der Waals surface area contributed by atoms with Gasteiger partial charge in [0.1, 0.15) is 5.82 Å². The molecule has 4 rings (SSSR count). The minimum Gasteiger partial charge on any atom is -0.352 e. The lowest BCUT2D eigenvalue weighted by atomic mass is 10.0. The molecular formula is C25H29ClFN3O3. The summed E-state index contributed by atoms with van der Waals surface area (Å²) >= 11 is 0. The molecule has 8 heteroatoms. The maximum atomic E-state index is 13.5. The summed E-state index contributed by atoms with van der Waals surface area (Å²) < 4.78 is 13.5. The van der Waals surface area contributed by atoms with E-state index in [1.165, 1.54) is 49.6 Å². The average molecular weight is 474 g/mol. The van der Waals surface area contributed by atoms with Crippen LogP contribution in [0.4, 0.5) is 4.39 Å². The van der Waals surface area contributed by atoms with Crippen molar-refractivity contribution in [1.29, 1.82) is 0 Å². The van der Waals surface area contributed by atoms with Gasteiger partial charge in [0.2, 0.25) is 0 Å². The summed E-state index contributed by atoms with van der Waals surface area (Å²) in [6, 6.07) is 11.0. The fraction of sp³-hybridized carbons (Fsp3) is 0.400. The summed E-state index contributed by atoms with van der Waals surface area (Å²) in [6.07, 6.45) is 4.60. The van der Waals surface area contributed by atoms with Crippen molar-refractivity contribution in [2.24, 2.45) is 0 Å². The van der Waals surface area contributed by atoms with Gasteiger partial charge in [-0.25, -0.2) is 4.39 Å². The maximum absolute atomic E-state index is 13.5. The second-order valence-corrected chi connectivity index (χ2v) is 8.58. The number of piperidine rings is 1. The topological polar surface area (TPSA) is 69.7 Å². The van der Waals surface area contributed by atoms with Crippen LogP contribution in [0.25, 0.3) is 0 Å². The van der Waals surface area contributed by atoms with Gasteiger partial charge in [0.15, 0.2) is 0 Å². The molecule has 0 spiro atoms. The first-order valence-electron chi connectivity index (χ1n) is 11.2. The van der Waals surface area contributed by atoms with Crippen LogP contribution in [0.3, 0.4) is 0 Å². The van der Waals surface area contributed by atoms with Crippen LogP contribution in [0.5, 0.6) is 0 Å². The van der Waals surface area contributed by atoms with Crippen molar-refractivity contribution in [2.45, 2.75) is 45.2 Å². The van der Waals surface area contributed by atoms with Gasteiger partial charge >= 0.3 is 0 Å². The van der Waals surface area contributed by atoms with Gasteiger partial charge in [0.05, 0.1) is 17.7 Å². The predicted molar refractivity (Wildman–Crippen MR) is 126 cm³/mol. The summed E-state index contributed by atoms with van der Waals surface area (Å²) in [5.41, 5.74) is 1.35. The van der Waals surface area contributed by atoms with E-state index in [9.17, 15) is 18.8 Å². The Balaban J connectivity index is 0.00000306. The van der Waals surface area contributed by atoms with Gasteiger partial charge in [0, 0.05) is 24.7 Å². The molecule has 1 atom stereocenters. The lowest BCUT2D eigenvalue weighted by Gasteiger charge is -2.33. The Morgan fingerprint density at radius 3 is 2.64 bits per heavy atom. The average Bonchev–Trinajstić information content (AvgIpc) is 3.02. The molecule has 2 heterocycles. The quantitative estimate of drug-likeness (QED) is 0.486. The fourth-order valence-corrected chi connectivity index (χ4v) is 4.47. The second kappa shape index (κ2) is 10.9. The maximum Gasteiger partial charge on any atom is 0.261 e. The Kier molecular flexibility index (Phi) is 8.21. The lowest BCUT2D eigenvalue weighted by molar-refractivity contribution is 0.0642. The highest BCUT2D eigenvalue weighted by atomic mass is 35.5. The van der Waals surface area contributed by atoms with Crippen molar-refractivity contribution < 1.29 is 18.8 Å². The molecule has 33 heavy (non-hydrogen) atoms. The Morgan fingerprint density at radius 1 is 1.09 bits per heavy atom. The number of carbonyl (C=O) groups is 3. The molecule has 1 fully saturated rings. The number of nitrogens with zero attached hydrogens (tertiary/aromatic N) is 2. The zero-order valence-electron chi connectivity index (χ0n) is 18.7. The molecular weight excluding hydrogens is 445 g/mol. The molecule has 2 aromatic carbocycles. The highest BCUT2D eigenvalue weighted by molar-refractivity contribution is 6.22. The Bertz CT molecular complexity index is 1050. The molecule has 176 valence electrons. The van der Waals surface area contributed by atoms with E-state index in [0.717, 1.165) is 24.4 Å². The molecule has 3 amide bonds. The Labute approximate surface area is 199 Å². The number of halogens is 2. The number of hydrogen-bond donors (Lipinski definition) is 1. The monoisotopic (exact) mass is 473 g/mol. The number of hydrogen-bond acceptors (Lipinski definition) is 4. The van der Waals surface area contributed by atoms with Crippen molar-refractivity contribution in [3.8, 4) is 0 Å². The summed E-state index contributed by atoms with van der Waals surface area (Å²) in [4.78, 5) is 41.6. The molecule has 1 N–H and O–H groups in total. The number of fused-ring (bicyclic) bond motifs is 1. The van der Waals surface area contributed by atoms with Gasteiger partial charge in [-0.1, -0.05) is 18.6 Å². The van der Waals surface area contributed by atoms with Crippen LogP contribution >= 0.6 is 12.4 Å². The third-order valence-corrected chi connectivity index (χ3v) is 6.31. The van der Waals surface area contributed by atoms with Gasteiger partial charge in [-0.3, -0.25) is 19.3 Å². The van der Waals surface area contributed by atoms with Crippen LogP contribution in [0.2, 0.25) is 0 Å². The standard InChI is InChI=1S/C25H28FN3O3.ClH/c1-17-6-2-3-12-28(17)13-5-11-27-23(30)19-9-10-21-22(15-19)25(32)29(24(21)31)16-18-7-4-8-20(26)14-18;/h4,7-10,14-15,17H,2-3,5-6,11-13,16H2,1H3,(H,27,30);1H. The number of amides is 3. The second-order valence-electron chi connectivity index (χ2n) is 8.58. The Hall–Kier alpha value is -2.77. The molecule has 2 aliphatic heterocycles. The highest BCUT2D eigenvalue weighted by Gasteiger charge is 2.36. The molecule has 0 bridgehead atoms. The summed E-state index contributed by atoms with van der Waals surface area (Å²) in [7, 11) is 0. The first-order valence-corrected chi connectivity index (χ1v) is 11.2. The zero-order chi connectivity index (χ0) is 22.7. The van der Waals surface area contributed by atoms with Crippen LogP contribution in [-0.4, -0.2) is 53.2 Å². The minimum absolute atomic E-state index is 0. The lowest BCUT2D eigenvalue weighted by Crippen LogP contribution is -2.39. The first-order chi connectivity index (χ1) is 15.4. The Morgan fingerprint density at radius 2 is 1.88 bits per heavy atom. The summed E-state index contributed by atoms with van der Waals surface area (Å²) in [5.74, 6) is -1.59. The molecule has 1 saturated heterocycles. The minimum atomic E-state index is -0.469. The van der Waals surface area contributed by atoms with Gasteiger partial charge < -0.3 is 10.2 Å². The van der Waals surface area contributed by atoms with Crippen molar-refractivity contribution in [1.82, 2.24) is 15.1 Å². The number of imide groups is 1. The summed E-state index contributed by atoms with van der Waals surface area (Å²) in [6.45, 7) is 4.85. The largest absolute Gasteiger partial charge is 0.352 e. The third-order valence-electron chi connectivity index (χ3n) is 6.31. The van der Waals surface area contributed by atoms with Crippen LogP contribution in [0, 0.1) is 5.82 Å². The van der Waals surface area contributed by atoms with E-state index in [4.69, 9.17) is 0 Å². The number of nitrogens with one attached hydrogen (secondary N) is 1. The normalized spacial score (nSPS) is 18.1. The number of rotatable bonds is 7. The van der Waals surface area contributed by atoms with Crippen LogP contribution < -0.4 is 5.32 Å². The third kappa shape index (κ3) is 5.60. The van der Waals surface area contributed by atoms with Crippen molar-refractivity contribution >= 4 is 30.1 Å². The van der Waals surface area contributed by atoms with E-state index in [2.05, 4.69) is 17.1 Å². The van der Waals surface area contributed by atoms with Gasteiger partial charge in [-0.2, -0.15) is 0 Å². The number of carbonyl (C=O) groups excluding carboxylic acids is 3. The van der Waals surface area contributed by atoms with Gasteiger partial charge in [0.25, 0.3) is 17.7 Å². The van der Waals surface area contributed by atoms with E-state index in [-0.39, 0.29) is 36.0 Å². The van der Waals surface area contributed by atoms with Crippen molar-refractivity contribution in [3.63, 3.8) is 0 Å². The van der Waals surface area contributed by atoms with Gasteiger partial charge in [-0.15, -0.1) is 12.4 Å². The molecule has 0 saturated carbocycles. The molecule has 6 nitrogen and oxygen atoms in total. The van der Waals surface area contributed by atoms with Gasteiger partial charge in [-0.05, 0) is 68.6 Å². The number of benzene rings is 2. The van der Waals surface area contributed by atoms with Crippen LogP contribution in [0.1, 0.15) is 69.2 Å². The molecule has 0 aromatic heterocycles. The molecule has 0 aliphatic carbocycles. The van der Waals surface area contributed by atoms with E-state index in [1.807, 2.05) is 0 Å². The van der Waals surface area contributed by atoms with E-state index in [1.54, 1.807) is 12.1 Å². The van der Waals surface area contributed by atoms with E-state index in [0.29, 0.717) is 23.7 Å². The smallest absolute Gasteiger partial charge is 0.261 e. The molecule has 1 unspecified atom stereocenters.